The van der Waals surface area contributed by atoms with Crippen LogP contribution in [0, 0.1) is 0 Å². The largest absolute Gasteiger partial charge is 0.374 e. The minimum absolute atomic E-state index is 0.110. The second-order valence-corrected chi connectivity index (χ2v) is 6.20. The van der Waals surface area contributed by atoms with Gasteiger partial charge < -0.3 is 10.1 Å². The summed E-state index contributed by atoms with van der Waals surface area (Å²) >= 11 is 0. The van der Waals surface area contributed by atoms with Gasteiger partial charge in [-0.1, -0.05) is 18.2 Å². The van der Waals surface area contributed by atoms with Gasteiger partial charge >= 0.3 is 0 Å². The maximum absolute atomic E-state index is 5.88. The third kappa shape index (κ3) is 3.58. The first-order chi connectivity index (χ1) is 9.40. The summed E-state index contributed by atoms with van der Waals surface area (Å²) in [6.45, 7) is 6.92. The molecule has 0 spiro atoms. The summed E-state index contributed by atoms with van der Waals surface area (Å²) in [5.41, 5.74) is 2.19. The smallest absolute Gasteiger partial charge is 0.0719 e. The number of hydrogen-bond acceptors (Lipinski definition) is 3. The molecule has 1 N–H and O–H groups in total. The lowest BCUT2D eigenvalue weighted by molar-refractivity contribution is -0.0135. The average Bonchev–Trinajstić information content (AvgIpc) is 2.71. The highest BCUT2D eigenvalue weighted by Crippen LogP contribution is 2.19. The van der Waals surface area contributed by atoms with E-state index >= 15 is 0 Å². The summed E-state index contributed by atoms with van der Waals surface area (Å²) < 4.78 is 7.82. The highest BCUT2D eigenvalue weighted by atomic mass is 16.5. The summed E-state index contributed by atoms with van der Waals surface area (Å²) in [4.78, 5) is 0. The van der Waals surface area contributed by atoms with Crippen molar-refractivity contribution in [2.24, 2.45) is 7.05 Å². The Morgan fingerprint density at radius 2 is 2.00 bits per heavy atom. The number of para-hydroxylation sites is 1. The highest BCUT2D eigenvalue weighted by molar-refractivity contribution is 5.81. The molecular weight excluding hydrogens is 250 g/mol. The molecule has 4 nitrogen and oxygen atoms in total. The van der Waals surface area contributed by atoms with E-state index in [0.717, 1.165) is 12.1 Å². The van der Waals surface area contributed by atoms with Gasteiger partial charge in [-0.3, -0.25) is 4.68 Å². The molecule has 0 bridgehead atoms. The predicted molar refractivity (Wildman–Crippen MR) is 83.0 cm³/mol. The molecule has 1 aromatic carbocycles. The molecule has 0 saturated carbocycles. The van der Waals surface area contributed by atoms with Crippen LogP contribution in [0.15, 0.2) is 24.3 Å². The van der Waals surface area contributed by atoms with Crippen LogP contribution in [-0.4, -0.2) is 35.1 Å². The van der Waals surface area contributed by atoms with Crippen molar-refractivity contribution in [3.05, 3.63) is 30.0 Å². The van der Waals surface area contributed by atoms with Crippen LogP contribution in [0.2, 0.25) is 0 Å². The Bertz CT molecular complexity index is 569. The third-order valence-electron chi connectivity index (χ3n) is 3.40. The van der Waals surface area contributed by atoms with Crippen molar-refractivity contribution < 1.29 is 4.74 Å². The molecule has 0 aliphatic rings. The number of nitrogens with zero attached hydrogens (tertiary/aromatic N) is 2. The Morgan fingerprint density at radius 3 is 2.65 bits per heavy atom. The van der Waals surface area contributed by atoms with E-state index in [1.807, 2.05) is 24.8 Å². The van der Waals surface area contributed by atoms with Gasteiger partial charge in [0.2, 0.25) is 0 Å². The number of rotatable bonds is 5. The first-order valence-corrected chi connectivity index (χ1v) is 7.12. The van der Waals surface area contributed by atoms with Gasteiger partial charge in [-0.05, 0) is 33.9 Å². The van der Waals surface area contributed by atoms with E-state index in [0.29, 0.717) is 6.61 Å². The van der Waals surface area contributed by atoms with Gasteiger partial charge in [0.05, 0.1) is 23.4 Å². The number of nitrogens with one attached hydrogen (secondary N) is 1. The van der Waals surface area contributed by atoms with E-state index < -0.39 is 0 Å². The minimum atomic E-state index is -0.110. The summed E-state index contributed by atoms with van der Waals surface area (Å²) in [6.07, 6.45) is 0.869. The number of hydrogen-bond donors (Lipinski definition) is 1. The van der Waals surface area contributed by atoms with Gasteiger partial charge in [-0.25, -0.2) is 0 Å². The molecule has 0 aliphatic heterocycles. The van der Waals surface area contributed by atoms with Crippen LogP contribution in [0.1, 0.15) is 26.5 Å². The van der Waals surface area contributed by atoms with Gasteiger partial charge in [0.25, 0.3) is 0 Å². The molecule has 4 heteroatoms. The van der Waals surface area contributed by atoms with Crippen molar-refractivity contribution in [1.82, 2.24) is 15.1 Å². The fourth-order valence-corrected chi connectivity index (χ4v) is 2.27. The monoisotopic (exact) mass is 275 g/mol. The molecule has 0 radical (unpaired) electrons. The Morgan fingerprint density at radius 1 is 1.30 bits per heavy atom. The summed E-state index contributed by atoms with van der Waals surface area (Å²) in [6, 6.07) is 8.62. The molecule has 110 valence electrons. The number of likely N-dealkylation sites (N-methyl/N-ethyl adjacent to an activating group) is 1. The van der Waals surface area contributed by atoms with Crippen LogP contribution in [0.25, 0.3) is 10.9 Å². The Kier molecular flexibility index (Phi) is 4.45. The highest BCUT2D eigenvalue weighted by Gasteiger charge is 2.17. The summed E-state index contributed by atoms with van der Waals surface area (Å²) in [5.74, 6) is 0. The number of ether oxygens (including phenoxy) is 1. The number of fused-ring (bicyclic) bond motifs is 1. The van der Waals surface area contributed by atoms with Gasteiger partial charge in [0.15, 0.2) is 0 Å². The average molecular weight is 275 g/mol. The molecule has 2 rings (SSSR count). The van der Waals surface area contributed by atoms with Crippen LogP contribution in [-0.2, 0) is 18.2 Å². The van der Waals surface area contributed by atoms with Crippen molar-refractivity contribution in [3.8, 4) is 0 Å². The topological polar surface area (TPSA) is 39.1 Å². The van der Waals surface area contributed by atoms with E-state index in [9.17, 15) is 0 Å². The molecule has 20 heavy (non-hydrogen) atoms. The molecule has 1 aromatic heterocycles. The molecule has 0 saturated heterocycles. The first-order valence-electron chi connectivity index (χ1n) is 7.12. The van der Waals surface area contributed by atoms with E-state index in [-0.39, 0.29) is 11.6 Å². The third-order valence-corrected chi connectivity index (χ3v) is 3.40. The Labute approximate surface area is 121 Å². The van der Waals surface area contributed by atoms with Crippen LogP contribution < -0.4 is 5.32 Å². The second kappa shape index (κ2) is 5.94. The zero-order chi connectivity index (χ0) is 14.8. The van der Waals surface area contributed by atoms with Crippen LogP contribution in [0.4, 0.5) is 0 Å². The number of aryl methyl sites for hydroxylation is 1. The normalized spacial score (nSPS) is 13.8. The molecule has 2 aromatic rings. The van der Waals surface area contributed by atoms with Gasteiger partial charge in [0.1, 0.15) is 0 Å². The Balaban J connectivity index is 2.13. The fraction of sp³-hybridized carbons (Fsp3) is 0.562. The zero-order valence-electron chi connectivity index (χ0n) is 13.1. The van der Waals surface area contributed by atoms with Gasteiger partial charge in [-0.15, -0.1) is 0 Å². The van der Waals surface area contributed by atoms with E-state index in [1.54, 1.807) is 0 Å². The Hall–Kier alpha value is -1.39. The molecule has 1 unspecified atom stereocenters. The minimum Gasteiger partial charge on any atom is -0.374 e. The van der Waals surface area contributed by atoms with Crippen LogP contribution in [0.3, 0.4) is 0 Å². The lowest BCUT2D eigenvalue weighted by Gasteiger charge is -2.24. The van der Waals surface area contributed by atoms with Gasteiger partial charge in [0, 0.05) is 24.9 Å². The maximum atomic E-state index is 5.88. The molecule has 1 heterocycles. The standard InChI is InChI=1S/C16H25N3O/c1-16(2,3)20-11-12(17-4)10-14-13-8-6-7-9-15(13)19(5)18-14/h6-9,12,17H,10-11H2,1-5H3. The number of aromatic nitrogens is 2. The van der Waals surface area contributed by atoms with Crippen molar-refractivity contribution in [2.75, 3.05) is 13.7 Å². The lowest BCUT2D eigenvalue weighted by atomic mass is 10.1. The van der Waals surface area contributed by atoms with Crippen molar-refractivity contribution in [2.45, 2.75) is 38.8 Å². The maximum Gasteiger partial charge on any atom is 0.0719 e. The molecular formula is C16H25N3O. The van der Waals surface area contributed by atoms with Crippen molar-refractivity contribution >= 4 is 10.9 Å². The molecule has 0 amide bonds. The lowest BCUT2D eigenvalue weighted by Crippen LogP contribution is -2.36. The van der Waals surface area contributed by atoms with Crippen LogP contribution >= 0.6 is 0 Å². The molecule has 0 fully saturated rings. The molecule has 1 atom stereocenters. The fourth-order valence-electron chi connectivity index (χ4n) is 2.27. The first kappa shape index (κ1) is 15.0. The summed E-state index contributed by atoms with van der Waals surface area (Å²) in [7, 11) is 3.97. The van der Waals surface area contributed by atoms with E-state index in [1.165, 1.54) is 10.9 Å². The zero-order valence-corrected chi connectivity index (χ0v) is 13.1. The van der Waals surface area contributed by atoms with Gasteiger partial charge in [-0.2, -0.15) is 5.10 Å². The molecule has 0 aliphatic carbocycles. The van der Waals surface area contributed by atoms with Crippen molar-refractivity contribution in [1.29, 1.82) is 0 Å². The second-order valence-electron chi connectivity index (χ2n) is 6.20. The van der Waals surface area contributed by atoms with E-state index in [2.05, 4.69) is 49.4 Å². The summed E-state index contributed by atoms with van der Waals surface area (Å²) in [5, 5.41) is 9.19. The van der Waals surface area contributed by atoms with Crippen molar-refractivity contribution in [3.63, 3.8) is 0 Å². The SMILES string of the molecule is CNC(COC(C)(C)C)Cc1nn(C)c2ccccc12. The van der Waals surface area contributed by atoms with Crippen LogP contribution in [0.5, 0.6) is 0 Å². The predicted octanol–water partition coefficient (Wildman–Crippen LogP) is 2.52. The van der Waals surface area contributed by atoms with E-state index in [4.69, 9.17) is 4.74 Å². The number of benzene rings is 1. The quantitative estimate of drug-likeness (QED) is 0.911.